The van der Waals surface area contributed by atoms with Crippen LogP contribution in [0.15, 0.2) is 30.3 Å². The van der Waals surface area contributed by atoms with E-state index in [-0.39, 0.29) is 12.0 Å². The first-order valence-corrected chi connectivity index (χ1v) is 6.80. The molecule has 1 aromatic carbocycles. The number of ether oxygens (including phenoxy) is 1. The number of hydrogen-bond acceptors (Lipinski definition) is 4. The maximum atomic E-state index is 11.8. The van der Waals surface area contributed by atoms with Crippen molar-refractivity contribution in [2.24, 2.45) is 5.92 Å². The summed E-state index contributed by atoms with van der Waals surface area (Å²) in [5, 5.41) is 0. The monoisotopic (exact) mass is 263 g/mol. The van der Waals surface area contributed by atoms with E-state index in [2.05, 4.69) is 5.48 Å². The number of carbonyl (C=O) groups is 1. The number of esters is 1. The molecule has 0 saturated heterocycles. The molecule has 0 bridgehead atoms. The summed E-state index contributed by atoms with van der Waals surface area (Å²) in [4.78, 5) is 17.2. The van der Waals surface area contributed by atoms with Gasteiger partial charge < -0.3 is 4.74 Å². The van der Waals surface area contributed by atoms with Gasteiger partial charge in [0.2, 0.25) is 0 Å². The largest absolute Gasteiger partial charge is 0.468 e. The predicted molar refractivity (Wildman–Crippen MR) is 72.1 cm³/mol. The minimum Gasteiger partial charge on any atom is -0.468 e. The van der Waals surface area contributed by atoms with Gasteiger partial charge in [0, 0.05) is 0 Å². The van der Waals surface area contributed by atoms with E-state index in [1.165, 1.54) is 20.0 Å². The maximum absolute atomic E-state index is 11.8. The second-order valence-corrected chi connectivity index (χ2v) is 4.94. The predicted octanol–water partition coefficient (Wildman–Crippen LogP) is 2.44. The van der Waals surface area contributed by atoms with Crippen molar-refractivity contribution in [3.8, 4) is 0 Å². The molecular weight excluding hydrogens is 242 g/mol. The van der Waals surface area contributed by atoms with Gasteiger partial charge in [0.1, 0.15) is 6.04 Å². The maximum Gasteiger partial charge on any atom is 0.325 e. The summed E-state index contributed by atoms with van der Waals surface area (Å²) in [5.74, 6) is 0.0863. The molecule has 1 fully saturated rings. The zero-order valence-electron chi connectivity index (χ0n) is 11.3. The molecule has 0 aromatic heterocycles. The SMILES string of the molecule is COC(=O)C(NOCc1ccccc1)C1CCCC1. The molecule has 2 rings (SSSR count). The number of carbonyl (C=O) groups excluding carboxylic acids is 1. The number of benzene rings is 1. The Morgan fingerprint density at radius 2 is 2.00 bits per heavy atom. The first-order valence-electron chi connectivity index (χ1n) is 6.80. The average molecular weight is 263 g/mol. The van der Waals surface area contributed by atoms with Crippen LogP contribution in [0.25, 0.3) is 0 Å². The van der Waals surface area contributed by atoms with Gasteiger partial charge in [-0.15, -0.1) is 0 Å². The fourth-order valence-corrected chi connectivity index (χ4v) is 2.54. The first-order chi connectivity index (χ1) is 9.31. The van der Waals surface area contributed by atoms with Gasteiger partial charge in [-0.3, -0.25) is 9.63 Å². The number of hydroxylamine groups is 1. The Labute approximate surface area is 114 Å². The number of hydrogen-bond donors (Lipinski definition) is 1. The van der Waals surface area contributed by atoms with Gasteiger partial charge in [0.15, 0.2) is 0 Å². The fourth-order valence-electron chi connectivity index (χ4n) is 2.54. The average Bonchev–Trinajstić information content (AvgIpc) is 2.98. The third-order valence-corrected chi connectivity index (χ3v) is 3.62. The van der Waals surface area contributed by atoms with E-state index < -0.39 is 0 Å². The van der Waals surface area contributed by atoms with Crippen LogP contribution >= 0.6 is 0 Å². The Balaban J connectivity index is 1.84. The lowest BCUT2D eigenvalue weighted by molar-refractivity contribution is -0.150. The zero-order valence-corrected chi connectivity index (χ0v) is 11.3. The number of methoxy groups -OCH3 is 1. The van der Waals surface area contributed by atoms with E-state index in [9.17, 15) is 4.79 Å². The van der Waals surface area contributed by atoms with Crippen molar-refractivity contribution in [2.75, 3.05) is 7.11 Å². The van der Waals surface area contributed by atoms with Gasteiger partial charge in [-0.05, 0) is 24.3 Å². The fraction of sp³-hybridized carbons (Fsp3) is 0.533. The Bertz CT molecular complexity index is 388. The molecule has 0 radical (unpaired) electrons. The van der Waals surface area contributed by atoms with Crippen molar-refractivity contribution in [3.05, 3.63) is 35.9 Å². The third kappa shape index (κ3) is 4.04. The Morgan fingerprint density at radius 1 is 1.32 bits per heavy atom. The molecule has 1 aliphatic carbocycles. The summed E-state index contributed by atoms with van der Waals surface area (Å²) in [7, 11) is 1.42. The molecule has 19 heavy (non-hydrogen) atoms. The minimum absolute atomic E-state index is 0.236. The molecule has 0 heterocycles. The first kappa shape index (κ1) is 14.0. The highest BCUT2D eigenvalue weighted by Crippen LogP contribution is 2.28. The van der Waals surface area contributed by atoms with Gasteiger partial charge in [-0.25, -0.2) is 0 Å². The highest BCUT2D eigenvalue weighted by molar-refractivity contribution is 5.75. The molecule has 1 N–H and O–H groups in total. The van der Waals surface area contributed by atoms with Crippen LogP contribution in [0.1, 0.15) is 31.2 Å². The van der Waals surface area contributed by atoms with Crippen LogP contribution in [0.3, 0.4) is 0 Å². The van der Waals surface area contributed by atoms with Crippen molar-refractivity contribution in [2.45, 2.75) is 38.3 Å². The smallest absolute Gasteiger partial charge is 0.325 e. The highest BCUT2D eigenvalue weighted by atomic mass is 16.6. The Kier molecular flexibility index (Phi) is 5.36. The van der Waals surface area contributed by atoms with Gasteiger partial charge in [-0.2, -0.15) is 5.48 Å². The van der Waals surface area contributed by atoms with E-state index in [1.807, 2.05) is 30.3 Å². The van der Waals surface area contributed by atoms with E-state index in [0.717, 1.165) is 18.4 Å². The molecule has 0 amide bonds. The lowest BCUT2D eigenvalue weighted by Crippen LogP contribution is -2.42. The molecule has 1 aliphatic rings. The topological polar surface area (TPSA) is 47.6 Å². The third-order valence-electron chi connectivity index (χ3n) is 3.62. The summed E-state index contributed by atoms with van der Waals surface area (Å²) in [6.07, 6.45) is 4.47. The van der Waals surface area contributed by atoms with Crippen molar-refractivity contribution >= 4 is 5.97 Å². The Morgan fingerprint density at radius 3 is 2.63 bits per heavy atom. The highest BCUT2D eigenvalue weighted by Gasteiger charge is 2.31. The molecule has 1 unspecified atom stereocenters. The van der Waals surface area contributed by atoms with Crippen molar-refractivity contribution < 1.29 is 14.4 Å². The van der Waals surface area contributed by atoms with Crippen LogP contribution in [-0.2, 0) is 21.0 Å². The van der Waals surface area contributed by atoms with Crippen molar-refractivity contribution in [3.63, 3.8) is 0 Å². The molecule has 104 valence electrons. The summed E-state index contributed by atoms with van der Waals surface area (Å²) in [6, 6.07) is 9.53. The second kappa shape index (κ2) is 7.26. The number of rotatable bonds is 6. The zero-order chi connectivity index (χ0) is 13.5. The van der Waals surface area contributed by atoms with Crippen LogP contribution in [0.2, 0.25) is 0 Å². The van der Waals surface area contributed by atoms with E-state index >= 15 is 0 Å². The van der Waals surface area contributed by atoms with Crippen molar-refractivity contribution in [1.82, 2.24) is 5.48 Å². The minimum atomic E-state index is -0.351. The normalized spacial score (nSPS) is 17.3. The van der Waals surface area contributed by atoms with Gasteiger partial charge in [-0.1, -0.05) is 43.2 Å². The van der Waals surface area contributed by atoms with Gasteiger partial charge in [0.05, 0.1) is 13.7 Å². The second-order valence-electron chi connectivity index (χ2n) is 4.94. The molecule has 0 aliphatic heterocycles. The lowest BCUT2D eigenvalue weighted by Gasteiger charge is -2.21. The van der Waals surface area contributed by atoms with Gasteiger partial charge in [0.25, 0.3) is 0 Å². The van der Waals surface area contributed by atoms with Crippen LogP contribution in [0.5, 0.6) is 0 Å². The molecule has 4 heteroatoms. The summed E-state index contributed by atoms with van der Waals surface area (Å²) in [6.45, 7) is 0.445. The van der Waals surface area contributed by atoms with E-state index in [0.29, 0.717) is 12.5 Å². The van der Waals surface area contributed by atoms with E-state index in [1.54, 1.807) is 0 Å². The summed E-state index contributed by atoms with van der Waals surface area (Å²) in [5.41, 5.74) is 3.96. The lowest BCUT2D eigenvalue weighted by atomic mass is 9.99. The summed E-state index contributed by atoms with van der Waals surface area (Å²) >= 11 is 0. The van der Waals surface area contributed by atoms with Crippen LogP contribution in [0.4, 0.5) is 0 Å². The standard InChI is InChI=1S/C15H21NO3/c1-18-15(17)14(13-9-5-6-10-13)16-19-11-12-7-3-2-4-8-12/h2-4,7-8,13-14,16H,5-6,9-11H2,1H3. The van der Waals surface area contributed by atoms with Crippen LogP contribution in [-0.4, -0.2) is 19.1 Å². The molecule has 1 aromatic rings. The van der Waals surface area contributed by atoms with E-state index in [4.69, 9.17) is 9.57 Å². The van der Waals surface area contributed by atoms with Crippen molar-refractivity contribution in [1.29, 1.82) is 0 Å². The Hall–Kier alpha value is -1.39. The summed E-state index contributed by atoms with van der Waals surface area (Å²) < 4.78 is 4.85. The quantitative estimate of drug-likeness (QED) is 0.632. The molecule has 0 spiro atoms. The van der Waals surface area contributed by atoms with Gasteiger partial charge >= 0.3 is 5.97 Å². The van der Waals surface area contributed by atoms with Crippen LogP contribution in [0, 0.1) is 5.92 Å². The van der Waals surface area contributed by atoms with Crippen LogP contribution < -0.4 is 5.48 Å². The molecule has 1 atom stereocenters. The molecule has 1 saturated carbocycles. The number of nitrogens with one attached hydrogen (secondary N) is 1. The molecule has 4 nitrogen and oxygen atoms in total. The molecular formula is C15H21NO3.